The molecule has 170 valence electrons. The molecule has 11 heteroatoms. The minimum Gasteiger partial charge on any atom is -0.493 e. The summed E-state index contributed by atoms with van der Waals surface area (Å²) in [5.41, 5.74) is -0.477. The van der Waals surface area contributed by atoms with Gasteiger partial charge in [-0.3, -0.25) is 0 Å². The van der Waals surface area contributed by atoms with Crippen LogP contribution < -0.4 is 16.0 Å². The lowest BCUT2D eigenvalue weighted by Crippen LogP contribution is -2.30. The summed E-state index contributed by atoms with van der Waals surface area (Å²) < 4.78 is 58.7. The molecule has 0 aliphatic carbocycles. The number of anilines is 2. The van der Waals surface area contributed by atoms with E-state index in [-0.39, 0.29) is 17.1 Å². The van der Waals surface area contributed by atoms with Gasteiger partial charge in [-0.2, -0.15) is 13.2 Å². The molecule has 1 aliphatic rings. The molecule has 1 heterocycles. The van der Waals surface area contributed by atoms with Crippen molar-refractivity contribution in [1.82, 2.24) is 5.32 Å². The number of hydrogen-bond acceptors (Lipinski definition) is 4. The molecular weight excluding hydrogens is 454 g/mol. The number of dihydropyridines is 1. The van der Waals surface area contributed by atoms with Crippen LogP contribution in [-0.4, -0.2) is 24.0 Å². The third kappa shape index (κ3) is 5.51. The molecule has 2 amide bonds. The normalized spacial score (nSPS) is 15.9. The first-order chi connectivity index (χ1) is 15.1. The van der Waals surface area contributed by atoms with Gasteiger partial charge in [0.1, 0.15) is 11.6 Å². The molecule has 2 aromatic carbocycles. The number of benzene rings is 2. The second-order valence-corrected chi connectivity index (χ2v) is 7.02. The van der Waals surface area contributed by atoms with Crippen LogP contribution in [0.4, 0.5) is 33.7 Å². The van der Waals surface area contributed by atoms with Gasteiger partial charge in [0.05, 0.1) is 22.9 Å². The predicted octanol–water partition coefficient (Wildman–Crippen LogP) is 5.32. The Morgan fingerprint density at radius 3 is 2.62 bits per heavy atom. The number of nitrogens with one attached hydrogen (secondary N) is 3. The highest BCUT2D eigenvalue weighted by atomic mass is 35.5. The van der Waals surface area contributed by atoms with Crippen LogP contribution in [-0.2, 0) is 10.9 Å². The van der Waals surface area contributed by atoms with Crippen LogP contribution in [0.3, 0.4) is 0 Å². The number of amides is 2. The summed E-state index contributed by atoms with van der Waals surface area (Å²) in [6, 6.07) is 5.91. The van der Waals surface area contributed by atoms with E-state index in [4.69, 9.17) is 16.3 Å². The highest BCUT2D eigenvalue weighted by Crippen LogP contribution is 2.36. The van der Waals surface area contributed by atoms with Gasteiger partial charge in [0.25, 0.3) is 0 Å². The maximum absolute atomic E-state index is 14.5. The maximum atomic E-state index is 14.5. The second kappa shape index (κ2) is 9.49. The molecule has 4 N–H and O–H groups in total. The van der Waals surface area contributed by atoms with Gasteiger partial charge < -0.3 is 25.8 Å². The smallest absolute Gasteiger partial charge is 0.417 e. The highest BCUT2D eigenvalue weighted by Gasteiger charge is 2.33. The molecule has 3 rings (SSSR count). The molecule has 6 nitrogen and oxygen atoms in total. The van der Waals surface area contributed by atoms with Gasteiger partial charge in [0.15, 0.2) is 6.23 Å². The maximum Gasteiger partial charge on any atom is 0.417 e. The summed E-state index contributed by atoms with van der Waals surface area (Å²) >= 11 is 5.55. The zero-order valence-corrected chi connectivity index (χ0v) is 17.3. The summed E-state index contributed by atoms with van der Waals surface area (Å²) in [6.45, 7) is 2.09. The van der Waals surface area contributed by atoms with Crippen molar-refractivity contribution in [1.29, 1.82) is 0 Å². The van der Waals surface area contributed by atoms with Crippen molar-refractivity contribution in [3.63, 3.8) is 0 Å². The first-order valence-corrected chi connectivity index (χ1v) is 9.69. The van der Waals surface area contributed by atoms with Crippen LogP contribution >= 0.6 is 11.6 Å². The fraction of sp³-hybridized carbons (Fsp3) is 0.190. The standard InChI is InChI=1S/C21H18ClF4N3O3/c1-2-32-18-8-12(10-27-19(18)30)11-3-6-17(16(23)7-11)29-20(31)28-13-4-5-15(22)14(9-13)21(24,25)26/h3-10,19,27,30H,2H2,1H3,(H2,28,29,31). The van der Waals surface area contributed by atoms with E-state index in [2.05, 4.69) is 16.0 Å². The van der Waals surface area contributed by atoms with Crippen molar-refractivity contribution in [2.24, 2.45) is 0 Å². The van der Waals surface area contributed by atoms with Crippen LogP contribution in [0.1, 0.15) is 18.1 Å². The van der Waals surface area contributed by atoms with Crippen LogP contribution in [0.2, 0.25) is 5.02 Å². The number of hydrogen-bond donors (Lipinski definition) is 4. The number of ether oxygens (including phenoxy) is 1. The van der Waals surface area contributed by atoms with Crippen molar-refractivity contribution < 1.29 is 32.2 Å². The molecule has 2 aromatic rings. The zero-order chi connectivity index (χ0) is 23.5. The number of urea groups is 1. The Balaban J connectivity index is 1.72. The topological polar surface area (TPSA) is 82.6 Å². The molecule has 0 saturated heterocycles. The number of carbonyl (C=O) groups is 1. The van der Waals surface area contributed by atoms with E-state index in [1.807, 2.05) is 0 Å². The van der Waals surface area contributed by atoms with E-state index in [1.54, 1.807) is 13.0 Å². The largest absolute Gasteiger partial charge is 0.493 e. The van der Waals surface area contributed by atoms with Gasteiger partial charge in [0.2, 0.25) is 0 Å². The third-order valence-corrected chi connectivity index (χ3v) is 4.68. The number of aliphatic hydroxyl groups excluding tert-OH is 1. The van der Waals surface area contributed by atoms with E-state index in [1.165, 1.54) is 24.4 Å². The third-order valence-electron chi connectivity index (χ3n) is 4.36. The lowest BCUT2D eigenvalue weighted by molar-refractivity contribution is -0.137. The minimum atomic E-state index is -4.69. The SMILES string of the molecule is CCOC1=CC(c2ccc(NC(=O)Nc3ccc(Cl)c(C(F)(F)F)c3)c(F)c2)=CNC1O. The van der Waals surface area contributed by atoms with Crippen molar-refractivity contribution in [2.75, 3.05) is 17.2 Å². The Morgan fingerprint density at radius 2 is 1.97 bits per heavy atom. The van der Waals surface area contributed by atoms with Crippen LogP contribution in [0.15, 0.2) is 54.4 Å². The van der Waals surface area contributed by atoms with Gasteiger partial charge in [0, 0.05) is 17.5 Å². The van der Waals surface area contributed by atoms with Crippen LogP contribution in [0.5, 0.6) is 0 Å². The Bertz CT molecular complexity index is 1090. The van der Waals surface area contributed by atoms with Gasteiger partial charge >= 0.3 is 12.2 Å². The molecule has 0 aromatic heterocycles. The number of rotatable bonds is 5. The Labute approximate surface area is 185 Å². The minimum absolute atomic E-state index is 0.165. The van der Waals surface area contributed by atoms with Crippen molar-refractivity contribution in [3.05, 3.63) is 76.4 Å². The van der Waals surface area contributed by atoms with Gasteiger partial charge in [-0.1, -0.05) is 17.7 Å². The molecule has 0 fully saturated rings. The number of alkyl halides is 3. The van der Waals surface area contributed by atoms with Gasteiger partial charge in [-0.15, -0.1) is 0 Å². The van der Waals surface area contributed by atoms with Gasteiger partial charge in [-0.25, -0.2) is 9.18 Å². The summed E-state index contributed by atoms with van der Waals surface area (Å²) in [5, 5.41) is 16.4. The monoisotopic (exact) mass is 471 g/mol. The lowest BCUT2D eigenvalue weighted by Gasteiger charge is -2.21. The molecule has 1 unspecified atom stereocenters. The first kappa shape index (κ1) is 23.4. The molecule has 0 bridgehead atoms. The Hall–Kier alpha value is -3.24. The molecule has 1 aliphatic heterocycles. The second-order valence-electron chi connectivity index (χ2n) is 6.61. The van der Waals surface area contributed by atoms with E-state index >= 15 is 0 Å². The molecule has 0 radical (unpaired) electrons. The Morgan fingerprint density at radius 1 is 1.22 bits per heavy atom. The zero-order valence-electron chi connectivity index (χ0n) is 16.6. The van der Waals surface area contributed by atoms with Crippen molar-refractivity contribution >= 4 is 34.6 Å². The highest BCUT2D eigenvalue weighted by molar-refractivity contribution is 6.31. The number of aliphatic hydroxyl groups is 1. The molecule has 1 atom stereocenters. The van der Waals surface area contributed by atoms with E-state index in [9.17, 15) is 27.5 Å². The molecule has 32 heavy (non-hydrogen) atoms. The van der Waals surface area contributed by atoms with Gasteiger partial charge in [-0.05, 0) is 48.9 Å². The predicted molar refractivity (Wildman–Crippen MR) is 112 cm³/mol. The quantitative estimate of drug-likeness (QED) is 0.445. The summed E-state index contributed by atoms with van der Waals surface area (Å²) in [7, 11) is 0. The number of carbonyl (C=O) groups excluding carboxylic acids is 1. The molecule has 0 saturated carbocycles. The number of allylic oxidation sites excluding steroid dienone is 2. The van der Waals surface area contributed by atoms with Crippen LogP contribution in [0, 0.1) is 5.82 Å². The average molecular weight is 472 g/mol. The summed E-state index contributed by atoms with van der Waals surface area (Å²) in [4.78, 5) is 12.1. The first-order valence-electron chi connectivity index (χ1n) is 9.32. The van der Waals surface area contributed by atoms with Crippen molar-refractivity contribution in [2.45, 2.75) is 19.3 Å². The van der Waals surface area contributed by atoms with E-state index < -0.39 is 34.8 Å². The lowest BCUT2D eigenvalue weighted by atomic mass is 10.0. The summed E-state index contributed by atoms with van der Waals surface area (Å²) in [5.74, 6) is -0.503. The summed E-state index contributed by atoms with van der Waals surface area (Å²) in [6.07, 6.45) is -2.67. The Kier molecular flexibility index (Phi) is 6.95. The molecule has 0 spiro atoms. The van der Waals surface area contributed by atoms with Crippen molar-refractivity contribution in [3.8, 4) is 0 Å². The fourth-order valence-electron chi connectivity index (χ4n) is 2.88. The average Bonchev–Trinajstić information content (AvgIpc) is 2.72. The van der Waals surface area contributed by atoms with Crippen LogP contribution in [0.25, 0.3) is 5.57 Å². The fourth-order valence-corrected chi connectivity index (χ4v) is 3.10. The van der Waals surface area contributed by atoms with E-state index in [0.29, 0.717) is 23.8 Å². The van der Waals surface area contributed by atoms with E-state index in [0.717, 1.165) is 12.1 Å². The molecular formula is C21H18ClF4N3O3. The number of halogens is 5.